The van der Waals surface area contributed by atoms with Crippen molar-refractivity contribution < 1.29 is 0 Å². The lowest BCUT2D eigenvalue weighted by Crippen LogP contribution is -1.99. The van der Waals surface area contributed by atoms with Gasteiger partial charge in [0.1, 0.15) is 0 Å². The summed E-state index contributed by atoms with van der Waals surface area (Å²) in [7, 11) is 0. The van der Waals surface area contributed by atoms with Gasteiger partial charge in [-0.25, -0.2) is 0 Å². The summed E-state index contributed by atoms with van der Waals surface area (Å²) in [6.07, 6.45) is 3.10. The first-order valence-corrected chi connectivity index (χ1v) is 8.63. The van der Waals surface area contributed by atoms with Gasteiger partial charge in [0.15, 0.2) is 0 Å². The van der Waals surface area contributed by atoms with Crippen molar-refractivity contribution in [3.63, 3.8) is 0 Å². The van der Waals surface area contributed by atoms with Gasteiger partial charge in [-0.05, 0) is 49.1 Å². The zero-order chi connectivity index (χ0) is 15.5. The second-order valence-corrected chi connectivity index (χ2v) is 6.72. The number of benzene rings is 2. The number of nitrogens with one attached hydrogen (secondary N) is 1. The molecule has 0 saturated heterocycles. The summed E-state index contributed by atoms with van der Waals surface area (Å²) in [4.78, 5) is 3.52. The number of fused-ring (bicyclic) bond motifs is 1. The summed E-state index contributed by atoms with van der Waals surface area (Å²) in [6.45, 7) is 0.730. The van der Waals surface area contributed by atoms with Crippen LogP contribution in [0, 0.1) is 0 Å². The van der Waals surface area contributed by atoms with Crippen molar-refractivity contribution in [1.82, 2.24) is 4.98 Å². The van der Waals surface area contributed by atoms with E-state index in [0.717, 1.165) is 46.5 Å². The molecular weight excluding hydrogens is 360 g/mol. The van der Waals surface area contributed by atoms with Crippen molar-refractivity contribution in [2.75, 3.05) is 6.54 Å². The van der Waals surface area contributed by atoms with E-state index in [4.69, 9.17) is 17.3 Å². The normalized spacial score (nSPS) is 11.2. The Morgan fingerprint density at radius 1 is 1.09 bits per heavy atom. The standard InChI is InChI=1S/C18H18BrClN2/c19-13-10-15-14(8-4-5-9-21)17(12-6-2-1-3-7-12)22-18(15)16(20)11-13/h1-3,6-7,10-11,22H,4-5,8-9,21H2. The fourth-order valence-electron chi connectivity index (χ4n) is 2.83. The number of H-pyrrole nitrogens is 1. The van der Waals surface area contributed by atoms with E-state index in [1.165, 1.54) is 16.5 Å². The number of rotatable bonds is 5. The predicted molar refractivity (Wildman–Crippen MR) is 98.4 cm³/mol. The van der Waals surface area contributed by atoms with Crippen LogP contribution in [-0.4, -0.2) is 11.5 Å². The lowest BCUT2D eigenvalue weighted by atomic mass is 10.0. The van der Waals surface area contributed by atoms with Crippen LogP contribution in [0.5, 0.6) is 0 Å². The van der Waals surface area contributed by atoms with E-state index < -0.39 is 0 Å². The van der Waals surface area contributed by atoms with Gasteiger partial charge in [-0.1, -0.05) is 57.9 Å². The third-order valence-electron chi connectivity index (χ3n) is 3.88. The molecule has 114 valence electrons. The highest BCUT2D eigenvalue weighted by Gasteiger charge is 2.15. The molecule has 1 aromatic heterocycles. The van der Waals surface area contributed by atoms with Gasteiger partial charge in [0.25, 0.3) is 0 Å². The molecule has 0 fully saturated rings. The molecule has 0 aliphatic carbocycles. The van der Waals surface area contributed by atoms with Gasteiger partial charge in [-0.15, -0.1) is 0 Å². The average Bonchev–Trinajstić information content (AvgIpc) is 2.88. The van der Waals surface area contributed by atoms with Crippen molar-refractivity contribution in [3.8, 4) is 11.3 Å². The van der Waals surface area contributed by atoms with Crippen LogP contribution in [0.25, 0.3) is 22.2 Å². The van der Waals surface area contributed by atoms with Gasteiger partial charge in [0, 0.05) is 15.6 Å². The first-order valence-electron chi connectivity index (χ1n) is 7.46. The third-order valence-corrected chi connectivity index (χ3v) is 4.63. The van der Waals surface area contributed by atoms with Crippen LogP contribution in [0.1, 0.15) is 18.4 Å². The van der Waals surface area contributed by atoms with Crippen LogP contribution in [0.4, 0.5) is 0 Å². The van der Waals surface area contributed by atoms with E-state index in [1.807, 2.05) is 12.1 Å². The molecule has 2 nitrogen and oxygen atoms in total. The van der Waals surface area contributed by atoms with Crippen LogP contribution in [0.15, 0.2) is 46.9 Å². The third kappa shape index (κ3) is 3.07. The van der Waals surface area contributed by atoms with Gasteiger partial charge >= 0.3 is 0 Å². The van der Waals surface area contributed by atoms with E-state index in [0.29, 0.717) is 0 Å². The summed E-state index contributed by atoms with van der Waals surface area (Å²) in [5.74, 6) is 0. The summed E-state index contributed by atoms with van der Waals surface area (Å²) < 4.78 is 1.00. The molecule has 0 bridgehead atoms. The fourth-order valence-corrected chi connectivity index (χ4v) is 3.69. The smallest absolute Gasteiger partial charge is 0.0658 e. The molecule has 0 aliphatic rings. The van der Waals surface area contributed by atoms with Gasteiger partial charge in [0.05, 0.1) is 10.5 Å². The van der Waals surface area contributed by atoms with Crippen molar-refractivity contribution in [2.45, 2.75) is 19.3 Å². The van der Waals surface area contributed by atoms with Gasteiger partial charge in [0.2, 0.25) is 0 Å². The van der Waals surface area contributed by atoms with Crippen LogP contribution >= 0.6 is 27.5 Å². The highest BCUT2D eigenvalue weighted by Crippen LogP contribution is 2.36. The minimum Gasteiger partial charge on any atom is -0.353 e. The second-order valence-electron chi connectivity index (χ2n) is 5.40. The molecule has 3 rings (SSSR count). The predicted octanol–water partition coefficient (Wildman–Crippen LogP) is 5.53. The topological polar surface area (TPSA) is 41.8 Å². The molecule has 0 unspecified atom stereocenters. The zero-order valence-corrected chi connectivity index (χ0v) is 14.5. The Kier molecular flexibility index (Phi) is 4.87. The number of halogens is 2. The fraction of sp³-hybridized carbons (Fsp3) is 0.222. The Morgan fingerprint density at radius 2 is 1.86 bits per heavy atom. The Hall–Kier alpha value is -1.29. The summed E-state index contributed by atoms with van der Waals surface area (Å²) in [5, 5.41) is 1.93. The molecule has 0 spiro atoms. The van der Waals surface area contributed by atoms with E-state index in [-0.39, 0.29) is 0 Å². The number of nitrogens with two attached hydrogens (primary N) is 1. The molecule has 3 N–H and O–H groups in total. The number of aryl methyl sites for hydroxylation is 1. The molecule has 0 atom stereocenters. The largest absolute Gasteiger partial charge is 0.353 e. The van der Waals surface area contributed by atoms with Gasteiger partial charge < -0.3 is 10.7 Å². The Balaban J connectivity index is 2.17. The molecule has 22 heavy (non-hydrogen) atoms. The van der Waals surface area contributed by atoms with Crippen LogP contribution < -0.4 is 5.73 Å². The molecule has 0 radical (unpaired) electrons. The van der Waals surface area contributed by atoms with Crippen LogP contribution in [0.2, 0.25) is 5.02 Å². The van der Waals surface area contributed by atoms with E-state index in [1.54, 1.807) is 0 Å². The molecule has 0 saturated carbocycles. The molecule has 1 heterocycles. The summed E-state index contributed by atoms with van der Waals surface area (Å²) in [5.41, 5.74) is 10.3. The first-order chi connectivity index (χ1) is 10.7. The van der Waals surface area contributed by atoms with Crippen LogP contribution in [-0.2, 0) is 6.42 Å². The Morgan fingerprint density at radius 3 is 2.59 bits per heavy atom. The van der Waals surface area contributed by atoms with Crippen molar-refractivity contribution >= 4 is 38.4 Å². The van der Waals surface area contributed by atoms with Crippen LogP contribution in [0.3, 0.4) is 0 Å². The minimum absolute atomic E-state index is 0.730. The number of hydrogen-bond donors (Lipinski definition) is 2. The summed E-state index contributed by atoms with van der Waals surface area (Å²) >= 11 is 9.96. The van der Waals surface area contributed by atoms with E-state index in [2.05, 4.69) is 51.2 Å². The SMILES string of the molecule is NCCCCc1c(-c2ccccc2)[nH]c2c(Cl)cc(Br)cc12. The van der Waals surface area contributed by atoms with Crippen molar-refractivity contribution in [1.29, 1.82) is 0 Å². The van der Waals surface area contributed by atoms with Gasteiger partial charge in [-0.3, -0.25) is 0 Å². The minimum atomic E-state index is 0.730. The Bertz CT molecular complexity index is 781. The molecule has 0 aliphatic heterocycles. The molecule has 0 amide bonds. The lowest BCUT2D eigenvalue weighted by molar-refractivity contribution is 0.748. The maximum Gasteiger partial charge on any atom is 0.0658 e. The van der Waals surface area contributed by atoms with Crippen molar-refractivity contribution in [3.05, 3.63) is 57.5 Å². The van der Waals surface area contributed by atoms with E-state index in [9.17, 15) is 0 Å². The molecule has 3 aromatic rings. The first kappa shape index (κ1) is 15.6. The highest BCUT2D eigenvalue weighted by atomic mass is 79.9. The number of aromatic nitrogens is 1. The number of hydrogen-bond acceptors (Lipinski definition) is 1. The average molecular weight is 378 g/mol. The lowest BCUT2D eigenvalue weighted by Gasteiger charge is -2.05. The molecular formula is C18H18BrClN2. The monoisotopic (exact) mass is 376 g/mol. The summed E-state index contributed by atoms with van der Waals surface area (Å²) in [6, 6.07) is 14.5. The highest BCUT2D eigenvalue weighted by molar-refractivity contribution is 9.10. The van der Waals surface area contributed by atoms with Gasteiger partial charge in [-0.2, -0.15) is 0 Å². The molecule has 2 aromatic carbocycles. The maximum atomic E-state index is 6.42. The molecule has 4 heteroatoms. The Labute approximate surface area is 143 Å². The quantitative estimate of drug-likeness (QED) is 0.564. The number of aromatic amines is 1. The van der Waals surface area contributed by atoms with Crippen molar-refractivity contribution in [2.24, 2.45) is 5.73 Å². The second kappa shape index (κ2) is 6.86. The zero-order valence-electron chi connectivity index (χ0n) is 12.2. The number of unbranched alkanes of at least 4 members (excludes halogenated alkanes) is 1. The maximum absolute atomic E-state index is 6.42. The van der Waals surface area contributed by atoms with E-state index >= 15 is 0 Å².